The van der Waals surface area contributed by atoms with Gasteiger partial charge in [0.2, 0.25) is 0 Å². The van der Waals surface area contributed by atoms with Crippen LogP contribution in [0.3, 0.4) is 0 Å². The van der Waals surface area contributed by atoms with E-state index in [0.717, 1.165) is 24.8 Å². The van der Waals surface area contributed by atoms with Crippen molar-refractivity contribution in [3.63, 3.8) is 0 Å². The second-order valence-corrected chi connectivity index (χ2v) is 4.73. The van der Waals surface area contributed by atoms with E-state index in [-0.39, 0.29) is 0 Å². The van der Waals surface area contributed by atoms with Crippen LogP contribution < -0.4 is 10.1 Å². The maximum Gasteiger partial charge on any atom is 0.119 e. The third kappa shape index (κ3) is 3.01. The summed E-state index contributed by atoms with van der Waals surface area (Å²) in [5.41, 5.74) is 1.38. The SMILES string of the molecule is CCNC(c1cccc(OCC)c1)C1CCC1. The Bertz CT molecular complexity index is 347. The molecule has 1 aliphatic rings. The summed E-state index contributed by atoms with van der Waals surface area (Å²) in [7, 11) is 0. The zero-order valence-corrected chi connectivity index (χ0v) is 10.9. The van der Waals surface area contributed by atoms with Crippen LogP contribution in [-0.4, -0.2) is 13.2 Å². The van der Waals surface area contributed by atoms with E-state index in [4.69, 9.17) is 4.74 Å². The van der Waals surface area contributed by atoms with Crippen LogP contribution in [0.2, 0.25) is 0 Å². The monoisotopic (exact) mass is 233 g/mol. The zero-order valence-electron chi connectivity index (χ0n) is 10.9. The van der Waals surface area contributed by atoms with Gasteiger partial charge in [-0.3, -0.25) is 0 Å². The summed E-state index contributed by atoms with van der Waals surface area (Å²) in [4.78, 5) is 0. The highest BCUT2D eigenvalue weighted by atomic mass is 16.5. The van der Waals surface area contributed by atoms with Crippen LogP contribution in [0.1, 0.15) is 44.7 Å². The predicted octanol–water partition coefficient (Wildman–Crippen LogP) is 3.54. The van der Waals surface area contributed by atoms with Crippen molar-refractivity contribution in [1.82, 2.24) is 5.32 Å². The standard InChI is InChI=1S/C15H23NO/c1-3-16-15(12-7-5-8-12)13-9-6-10-14(11-13)17-4-2/h6,9-12,15-16H,3-5,7-8H2,1-2H3. The van der Waals surface area contributed by atoms with Crippen LogP contribution >= 0.6 is 0 Å². The summed E-state index contributed by atoms with van der Waals surface area (Å²) in [5, 5.41) is 3.61. The molecule has 1 aliphatic carbocycles. The van der Waals surface area contributed by atoms with Crippen molar-refractivity contribution in [3.05, 3.63) is 29.8 Å². The summed E-state index contributed by atoms with van der Waals surface area (Å²) in [6, 6.07) is 9.05. The minimum Gasteiger partial charge on any atom is -0.494 e. The normalized spacial score (nSPS) is 17.5. The summed E-state index contributed by atoms with van der Waals surface area (Å²) < 4.78 is 5.58. The fourth-order valence-corrected chi connectivity index (χ4v) is 2.51. The highest BCUT2D eigenvalue weighted by Gasteiger charge is 2.27. The lowest BCUT2D eigenvalue weighted by molar-refractivity contribution is 0.232. The van der Waals surface area contributed by atoms with E-state index >= 15 is 0 Å². The Morgan fingerprint density at radius 1 is 1.35 bits per heavy atom. The Morgan fingerprint density at radius 2 is 2.18 bits per heavy atom. The molecule has 1 N–H and O–H groups in total. The molecule has 94 valence electrons. The first-order valence-electron chi connectivity index (χ1n) is 6.81. The third-order valence-corrected chi connectivity index (χ3v) is 3.57. The van der Waals surface area contributed by atoms with E-state index in [1.165, 1.54) is 24.8 Å². The average Bonchev–Trinajstić information content (AvgIpc) is 2.27. The lowest BCUT2D eigenvalue weighted by atomic mass is 9.77. The first kappa shape index (κ1) is 12.4. The molecule has 1 atom stereocenters. The molecule has 2 nitrogen and oxygen atoms in total. The minimum atomic E-state index is 0.508. The molecule has 0 bridgehead atoms. The molecule has 0 aromatic heterocycles. The fraction of sp³-hybridized carbons (Fsp3) is 0.600. The largest absolute Gasteiger partial charge is 0.494 e. The molecule has 1 aromatic rings. The molecule has 2 heteroatoms. The van der Waals surface area contributed by atoms with Crippen molar-refractivity contribution < 1.29 is 4.74 Å². The molecule has 0 radical (unpaired) electrons. The fourth-order valence-electron chi connectivity index (χ4n) is 2.51. The Hall–Kier alpha value is -1.02. The first-order chi connectivity index (χ1) is 8.35. The molecule has 0 amide bonds. The van der Waals surface area contributed by atoms with Crippen molar-refractivity contribution in [2.75, 3.05) is 13.2 Å². The molecule has 1 aromatic carbocycles. The van der Waals surface area contributed by atoms with E-state index in [1.54, 1.807) is 0 Å². The number of hydrogen-bond donors (Lipinski definition) is 1. The van der Waals surface area contributed by atoms with E-state index in [2.05, 4.69) is 30.4 Å². The van der Waals surface area contributed by atoms with Gasteiger partial charge in [-0.2, -0.15) is 0 Å². The van der Waals surface area contributed by atoms with Gasteiger partial charge in [-0.05, 0) is 49.9 Å². The quantitative estimate of drug-likeness (QED) is 0.811. The van der Waals surface area contributed by atoms with Gasteiger partial charge in [-0.1, -0.05) is 25.5 Å². The van der Waals surface area contributed by atoms with Gasteiger partial charge in [-0.15, -0.1) is 0 Å². The van der Waals surface area contributed by atoms with Crippen LogP contribution in [-0.2, 0) is 0 Å². The van der Waals surface area contributed by atoms with Gasteiger partial charge in [-0.25, -0.2) is 0 Å². The molecule has 0 saturated heterocycles. The molecule has 1 saturated carbocycles. The van der Waals surface area contributed by atoms with Crippen molar-refractivity contribution in [2.24, 2.45) is 5.92 Å². The smallest absolute Gasteiger partial charge is 0.119 e. The maximum atomic E-state index is 5.58. The zero-order chi connectivity index (χ0) is 12.1. The third-order valence-electron chi connectivity index (χ3n) is 3.57. The van der Waals surface area contributed by atoms with Crippen molar-refractivity contribution in [1.29, 1.82) is 0 Å². The Kier molecular flexibility index (Phi) is 4.43. The van der Waals surface area contributed by atoms with Crippen LogP contribution in [0, 0.1) is 5.92 Å². The lowest BCUT2D eigenvalue weighted by Crippen LogP contribution is -2.32. The van der Waals surface area contributed by atoms with Crippen LogP contribution in [0.4, 0.5) is 0 Å². The van der Waals surface area contributed by atoms with Gasteiger partial charge in [0.05, 0.1) is 6.61 Å². The number of nitrogens with one attached hydrogen (secondary N) is 1. The lowest BCUT2D eigenvalue weighted by Gasteiger charge is -2.34. The molecule has 0 spiro atoms. The molecular formula is C15H23NO. The van der Waals surface area contributed by atoms with Gasteiger partial charge in [0.1, 0.15) is 5.75 Å². The molecule has 0 aliphatic heterocycles. The van der Waals surface area contributed by atoms with Gasteiger partial charge in [0.15, 0.2) is 0 Å². The maximum absolute atomic E-state index is 5.58. The molecule has 2 rings (SSSR count). The summed E-state index contributed by atoms with van der Waals surface area (Å²) >= 11 is 0. The summed E-state index contributed by atoms with van der Waals surface area (Å²) in [6.45, 7) is 5.97. The molecule has 0 heterocycles. The van der Waals surface area contributed by atoms with Crippen LogP contribution in [0.5, 0.6) is 5.75 Å². The second-order valence-electron chi connectivity index (χ2n) is 4.73. The van der Waals surface area contributed by atoms with Gasteiger partial charge >= 0.3 is 0 Å². The molecular weight excluding hydrogens is 210 g/mol. The van der Waals surface area contributed by atoms with Gasteiger partial charge in [0.25, 0.3) is 0 Å². The molecule has 1 unspecified atom stereocenters. The topological polar surface area (TPSA) is 21.3 Å². The molecule has 17 heavy (non-hydrogen) atoms. The number of rotatable bonds is 6. The summed E-state index contributed by atoms with van der Waals surface area (Å²) in [5.74, 6) is 1.80. The van der Waals surface area contributed by atoms with E-state index < -0.39 is 0 Å². The van der Waals surface area contributed by atoms with Crippen molar-refractivity contribution in [2.45, 2.75) is 39.2 Å². The van der Waals surface area contributed by atoms with Crippen molar-refractivity contribution >= 4 is 0 Å². The van der Waals surface area contributed by atoms with E-state index in [0.29, 0.717) is 6.04 Å². The Labute approximate surface area is 104 Å². The predicted molar refractivity (Wildman–Crippen MR) is 71.4 cm³/mol. The second kappa shape index (κ2) is 6.06. The van der Waals surface area contributed by atoms with Crippen LogP contribution in [0.15, 0.2) is 24.3 Å². The highest BCUT2D eigenvalue weighted by molar-refractivity contribution is 5.31. The first-order valence-corrected chi connectivity index (χ1v) is 6.81. The van der Waals surface area contributed by atoms with Gasteiger partial charge < -0.3 is 10.1 Å². The number of hydrogen-bond acceptors (Lipinski definition) is 2. The molecule has 1 fully saturated rings. The van der Waals surface area contributed by atoms with Crippen molar-refractivity contribution in [3.8, 4) is 5.75 Å². The van der Waals surface area contributed by atoms with Crippen LogP contribution in [0.25, 0.3) is 0 Å². The number of benzene rings is 1. The average molecular weight is 233 g/mol. The Balaban J connectivity index is 2.13. The Morgan fingerprint density at radius 3 is 2.76 bits per heavy atom. The van der Waals surface area contributed by atoms with E-state index in [1.807, 2.05) is 13.0 Å². The van der Waals surface area contributed by atoms with E-state index in [9.17, 15) is 0 Å². The highest BCUT2D eigenvalue weighted by Crippen LogP contribution is 2.38. The minimum absolute atomic E-state index is 0.508. The number of ether oxygens (including phenoxy) is 1. The summed E-state index contributed by atoms with van der Waals surface area (Å²) in [6.07, 6.45) is 4.10. The van der Waals surface area contributed by atoms with Gasteiger partial charge in [0, 0.05) is 6.04 Å².